The summed E-state index contributed by atoms with van der Waals surface area (Å²) in [5, 5.41) is 11.0. The van der Waals surface area contributed by atoms with E-state index in [2.05, 4.69) is 39.5 Å². The second-order valence-electron chi connectivity index (χ2n) is 5.80. The maximum absolute atomic E-state index is 4.67. The molecule has 2 N–H and O–H groups in total. The minimum Gasteiger partial charge on any atom is -0.357 e. The second kappa shape index (κ2) is 8.78. The predicted molar refractivity (Wildman–Crippen MR) is 90.9 cm³/mol. The molecule has 22 heavy (non-hydrogen) atoms. The first-order chi connectivity index (χ1) is 10.7. The van der Waals surface area contributed by atoms with E-state index in [0.717, 1.165) is 31.3 Å². The molecule has 2 rings (SSSR count). The molecule has 1 aliphatic rings. The molecule has 6 nitrogen and oxygen atoms in total. The molecule has 1 unspecified atom stereocenters. The Morgan fingerprint density at radius 2 is 2.23 bits per heavy atom. The van der Waals surface area contributed by atoms with Gasteiger partial charge in [0.2, 0.25) is 0 Å². The molecule has 1 saturated heterocycles. The molecule has 0 aliphatic carbocycles. The highest BCUT2D eigenvalue weighted by Crippen LogP contribution is 2.15. The van der Waals surface area contributed by atoms with E-state index in [4.69, 9.17) is 0 Å². The van der Waals surface area contributed by atoms with Crippen molar-refractivity contribution in [2.45, 2.75) is 45.7 Å². The Morgan fingerprint density at radius 3 is 2.91 bits per heavy atom. The fraction of sp³-hybridized carbons (Fsp3) is 0.750. The number of likely N-dealkylation sites (tertiary alicyclic amines) is 1. The van der Waals surface area contributed by atoms with Gasteiger partial charge >= 0.3 is 0 Å². The van der Waals surface area contributed by atoms with Crippen molar-refractivity contribution in [1.82, 2.24) is 25.3 Å². The quantitative estimate of drug-likeness (QED) is 0.615. The summed E-state index contributed by atoms with van der Waals surface area (Å²) in [6.45, 7) is 9.19. The third kappa shape index (κ3) is 4.73. The van der Waals surface area contributed by atoms with Crippen LogP contribution in [0.2, 0.25) is 0 Å². The summed E-state index contributed by atoms with van der Waals surface area (Å²) in [6.07, 6.45) is 5.76. The average molecular weight is 306 g/mol. The number of aryl methyl sites for hydroxylation is 1. The molecule has 0 aromatic carbocycles. The van der Waals surface area contributed by atoms with Gasteiger partial charge in [-0.3, -0.25) is 9.58 Å². The van der Waals surface area contributed by atoms with E-state index in [0.29, 0.717) is 12.6 Å². The van der Waals surface area contributed by atoms with Crippen molar-refractivity contribution < 1.29 is 0 Å². The molecule has 1 fully saturated rings. The number of nitrogens with zero attached hydrogens (tertiary/aromatic N) is 4. The predicted octanol–water partition coefficient (Wildman–Crippen LogP) is 1.35. The zero-order valence-electron chi connectivity index (χ0n) is 14.2. The zero-order valence-corrected chi connectivity index (χ0v) is 14.2. The highest BCUT2D eigenvalue weighted by atomic mass is 15.3. The van der Waals surface area contributed by atoms with E-state index in [1.54, 1.807) is 0 Å². The lowest BCUT2D eigenvalue weighted by atomic mass is 10.0. The number of aromatic nitrogens is 2. The van der Waals surface area contributed by atoms with Crippen molar-refractivity contribution in [1.29, 1.82) is 0 Å². The van der Waals surface area contributed by atoms with Crippen molar-refractivity contribution in [3.8, 4) is 0 Å². The Bertz CT molecular complexity index is 467. The normalized spacial score (nSPS) is 20.1. The summed E-state index contributed by atoms with van der Waals surface area (Å²) in [4.78, 5) is 7.24. The summed E-state index contributed by atoms with van der Waals surface area (Å²) in [5.74, 6) is 0.894. The molecule has 1 aromatic heterocycles. The highest BCUT2D eigenvalue weighted by molar-refractivity contribution is 5.79. The lowest BCUT2D eigenvalue weighted by molar-refractivity contribution is 0.157. The van der Waals surface area contributed by atoms with E-state index in [1.807, 2.05) is 24.0 Å². The van der Waals surface area contributed by atoms with Crippen LogP contribution in [0, 0.1) is 0 Å². The van der Waals surface area contributed by atoms with Crippen LogP contribution in [-0.4, -0.2) is 52.9 Å². The summed E-state index contributed by atoms with van der Waals surface area (Å²) >= 11 is 0. The number of rotatable bonds is 6. The molecule has 6 heteroatoms. The molecule has 1 atom stereocenters. The topological polar surface area (TPSA) is 57.5 Å². The van der Waals surface area contributed by atoms with Gasteiger partial charge in [-0.15, -0.1) is 0 Å². The Kier molecular flexibility index (Phi) is 6.71. The first-order valence-corrected chi connectivity index (χ1v) is 8.47. The van der Waals surface area contributed by atoms with Crippen molar-refractivity contribution in [2.24, 2.45) is 12.0 Å². The maximum atomic E-state index is 4.67. The zero-order chi connectivity index (χ0) is 15.8. The van der Waals surface area contributed by atoms with Crippen molar-refractivity contribution in [2.75, 3.05) is 26.2 Å². The first kappa shape index (κ1) is 16.8. The van der Waals surface area contributed by atoms with Crippen LogP contribution in [0.3, 0.4) is 0 Å². The Balaban J connectivity index is 1.89. The molecule has 1 aliphatic heterocycles. The first-order valence-electron chi connectivity index (χ1n) is 8.47. The second-order valence-corrected chi connectivity index (χ2v) is 5.80. The van der Waals surface area contributed by atoms with Gasteiger partial charge in [0, 0.05) is 32.4 Å². The number of hydrogen-bond acceptors (Lipinski definition) is 3. The molecule has 0 radical (unpaired) electrons. The van der Waals surface area contributed by atoms with Gasteiger partial charge in [-0.1, -0.05) is 13.3 Å². The number of likely N-dealkylation sites (N-methyl/N-ethyl adjacent to an activating group) is 1. The van der Waals surface area contributed by atoms with Gasteiger partial charge in [-0.25, -0.2) is 4.99 Å². The van der Waals surface area contributed by atoms with Crippen molar-refractivity contribution >= 4 is 5.96 Å². The molecule has 0 saturated carbocycles. The number of guanidine groups is 1. The van der Waals surface area contributed by atoms with Gasteiger partial charge in [0.05, 0.1) is 12.2 Å². The Labute approximate surface area is 134 Å². The maximum Gasteiger partial charge on any atom is 0.191 e. The Hall–Kier alpha value is -1.56. The molecule has 0 bridgehead atoms. The van der Waals surface area contributed by atoms with Gasteiger partial charge in [-0.2, -0.15) is 5.10 Å². The molecule has 1 aromatic rings. The minimum absolute atomic E-state index is 0.624. The summed E-state index contributed by atoms with van der Waals surface area (Å²) in [5.41, 5.74) is 1.12. The number of aliphatic imine (C=N–C) groups is 1. The average Bonchev–Trinajstić information content (AvgIpc) is 2.95. The van der Waals surface area contributed by atoms with E-state index >= 15 is 0 Å². The molecule has 124 valence electrons. The number of piperidine rings is 1. The highest BCUT2D eigenvalue weighted by Gasteiger charge is 2.20. The van der Waals surface area contributed by atoms with E-state index in [-0.39, 0.29) is 0 Å². The van der Waals surface area contributed by atoms with E-state index in [1.165, 1.54) is 25.8 Å². The molecule has 2 heterocycles. The van der Waals surface area contributed by atoms with Gasteiger partial charge in [0.25, 0.3) is 0 Å². The minimum atomic E-state index is 0.624. The lowest BCUT2D eigenvalue weighted by Crippen LogP contribution is -2.49. The molecule has 0 amide bonds. The number of hydrogen-bond donors (Lipinski definition) is 2. The van der Waals surface area contributed by atoms with Crippen LogP contribution < -0.4 is 10.6 Å². The van der Waals surface area contributed by atoms with Crippen molar-refractivity contribution in [3.05, 3.63) is 18.0 Å². The monoisotopic (exact) mass is 306 g/mol. The van der Waals surface area contributed by atoms with Crippen LogP contribution in [0.1, 0.15) is 38.8 Å². The third-order valence-corrected chi connectivity index (χ3v) is 4.33. The van der Waals surface area contributed by atoms with Crippen LogP contribution in [0.25, 0.3) is 0 Å². The third-order valence-electron chi connectivity index (χ3n) is 4.33. The van der Waals surface area contributed by atoms with Crippen LogP contribution in [0.4, 0.5) is 0 Å². The Morgan fingerprint density at radius 1 is 1.36 bits per heavy atom. The largest absolute Gasteiger partial charge is 0.357 e. The smallest absolute Gasteiger partial charge is 0.191 e. The molecular weight excluding hydrogens is 276 g/mol. The number of nitrogens with one attached hydrogen (secondary N) is 2. The lowest BCUT2D eigenvalue weighted by Gasteiger charge is -2.35. The molecule has 0 spiro atoms. The van der Waals surface area contributed by atoms with Crippen LogP contribution in [0.5, 0.6) is 0 Å². The van der Waals surface area contributed by atoms with Crippen molar-refractivity contribution in [3.63, 3.8) is 0 Å². The van der Waals surface area contributed by atoms with Gasteiger partial charge < -0.3 is 10.6 Å². The van der Waals surface area contributed by atoms with E-state index in [9.17, 15) is 0 Å². The fourth-order valence-corrected chi connectivity index (χ4v) is 2.98. The summed E-state index contributed by atoms with van der Waals surface area (Å²) < 4.78 is 1.87. The van der Waals surface area contributed by atoms with Crippen LogP contribution >= 0.6 is 0 Å². The SMILES string of the molecule is CCNC(=NCc1ccnn1C)NCC1CCCCN1CC. The van der Waals surface area contributed by atoms with Crippen LogP contribution in [0.15, 0.2) is 17.3 Å². The van der Waals surface area contributed by atoms with Gasteiger partial charge in [-0.05, 0) is 38.9 Å². The fourth-order valence-electron chi connectivity index (χ4n) is 2.98. The van der Waals surface area contributed by atoms with Gasteiger partial charge in [0.1, 0.15) is 0 Å². The van der Waals surface area contributed by atoms with Gasteiger partial charge in [0.15, 0.2) is 5.96 Å². The summed E-state index contributed by atoms with van der Waals surface area (Å²) in [7, 11) is 1.95. The van der Waals surface area contributed by atoms with E-state index < -0.39 is 0 Å². The van der Waals surface area contributed by atoms with Crippen LogP contribution in [-0.2, 0) is 13.6 Å². The standard InChI is InChI=1S/C16H30N6/c1-4-17-16(18-12-14-9-10-20-21(14)3)19-13-15-8-6-7-11-22(15)5-2/h9-10,15H,4-8,11-13H2,1-3H3,(H2,17,18,19). The molecular formula is C16H30N6. The summed E-state index contributed by atoms with van der Waals surface area (Å²) in [6, 6.07) is 2.63.